The Morgan fingerprint density at radius 1 is 1.29 bits per heavy atom. The largest absolute Gasteiger partial charge is 0.481 e. The maximum atomic E-state index is 12.3. The molecule has 1 unspecified atom stereocenters. The van der Waals surface area contributed by atoms with Crippen molar-refractivity contribution < 1.29 is 14.7 Å². The first kappa shape index (κ1) is 15.0. The summed E-state index contributed by atoms with van der Waals surface area (Å²) in [5.41, 5.74) is 2.03. The van der Waals surface area contributed by atoms with E-state index >= 15 is 0 Å². The van der Waals surface area contributed by atoms with E-state index in [0.717, 1.165) is 11.1 Å². The van der Waals surface area contributed by atoms with Crippen molar-refractivity contribution in [3.8, 4) is 0 Å². The van der Waals surface area contributed by atoms with Gasteiger partial charge in [-0.1, -0.05) is 18.2 Å². The molecule has 0 bridgehead atoms. The average molecular weight is 286 g/mol. The predicted octanol–water partition coefficient (Wildman–Crippen LogP) is 2.53. The minimum absolute atomic E-state index is 0.0361. The Labute approximate surface area is 123 Å². The molecule has 0 aliphatic rings. The van der Waals surface area contributed by atoms with Crippen LogP contribution in [0.3, 0.4) is 0 Å². The fraction of sp³-hybridized carbons (Fsp3) is 0.312. The van der Waals surface area contributed by atoms with E-state index in [2.05, 4.69) is 10.3 Å². The summed E-state index contributed by atoms with van der Waals surface area (Å²) in [6, 6.07) is 9.09. The van der Waals surface area contributed by atoms with E-state index in [1.165, 1.54) is 0 Å². The molecule has 1 amide bonds. The second-order valence-electron chi connectivity index (χ2n) is 5.14. The standard InChI is InChI=1S/C16H18N2O3/c1-10-6-8-12-4-3-5-13(15(12)17-10)16(21)18-11(2)7-9-14(19)20/h3-6,8,11H,7,9H2,1-2H3,(H,18,21)(H,19,20). The SMILES string of the molecule is Cc1ccc2cccc(C(=O)NC(C)CCC(=O)O)c2n1. The molecule has 110 valence electrons. The first-order chi connectivity index (χ1) is 9.97. The van der Waals surface area contributed by atoms with Gasteiger partial charge < -0.3 is 10.4 Å². The number of benzene rings is 1. The second kappa shape index (κ2) is 6.35. The van der Waals surface area contributed by atoms with Crippen LogP contribution in [0.2, 0.25) is 0 Å². The van der Waals surface area contributed by atoms with Crippen molar-refractivity contribution in [1.82, 2.24) is 10.3 Å². The van der Waals surface area contributed by atoms with Gasteiger partial charge in [0.1, 0.15) is 0 Å². The number of aromatic nitrogens is 1. The fourth-order valence-corrected chi connectivity index (χ4v) is 2.14. The summed E-state index contributed by atoms with van der Waals surface area (Å²) in [5, 5.41) is 12.4. The zero-order valence-corrected chi connectivity index (χ0v) is 12.1. The summed E-state index contributed by atoms with van der Waals surface area (Å²) in [5.74, 6) is -1.09. The molecule has 2 N–H and O–H groups in total. The number of fused-ring (bicyclic) bond motifs is 1. The Kier molecular flexibility index (Phi) is 4.52. The van der Waals surface area contributed by atoms with Crippen LogP contribution in [0.25, 0.3) is 10.9 Å². The van der Waals surface area contributed by atoms with Gasteiger partial charge in [-0.25, -0.2) is 0 Å². The number of hydrogen-bond acceptors (Lipinski definition) is 3. The quantitative estimate of drug-likeness (QED) is 0.885. The lowest BCUT2D eigenvalue weighted by atomic mass is 10.1. The van der Waals surface area contributed by atoms with Gasteiger partial charge in [-0.05, 0) is 32.4 Å². The number of para-hydroxylation sites is 1. The normalized spacial score (nSPS) is 12.1. The van der Waals surface area contributed by atoms with Crippen LogP contribution in [0.1, 0.15) is 35.8 Å². The van der Waals surface area contributed by atoms with Crippen molar-refractivity contribution >= 4 is 22.8 Å². The summed E-state index contributed by atoms with van der Waals surface area (Å²) in [7, 11) is 0. The molecular formula is C16H18N2O3. The third-order valence-corrected chi connectivity index (χ3v) is 3.27. The molecule has 0 fully saturated rings. The monoisotopic (exact) mass is 286 g/mol. The minimum Gasteiger partial charge on any atom is -0.481 e. The molecule has 5 nitrogen and oxygen atoms in total. The molecular weight excluding hydrogens is 268 g/mol. The number of carbonyl (C=O) groups excluding carboxylic acids is 1. The molecule has 5 heteroatoms. The van der Waals surface area contributed by atoms with Crippen molar-refractivity contribution in [3.63, 3.8) is 0 Å². The summed E-state index contributed by atoms with van der Waals surface area (Å²) in [6.07, 6.45) is 0.437. The van der Waals surface area contributed by atoms with Crippen molar-refractivity contribution in [2.24, 2.45) is 0 Å². The number of rotatable bonds is 5. The van der Waals surface area contributed by atoms with Gasteiger partial charge in [-0.3, -0.25) is 14.6 Å². The smallest absolute Gasteiger partial charge is 0.303 e. The number of nitrogens with zero attached hydrogens (tertiary/aromatic N) is 1. The van der Waals surface area contributed by atoms with Crippen molar-refractivity contribution in [1.29, 1.82) is 0 Å². The van der Waals surface area contributed by atoms with Gasteiger partial charge in [0.2, 0.25) is 0 Å². The number of amides is 1. The first-order valence-corrected chi connectivity index (χ1v) is 6.86. The summed E-state index contributed by atoms with van der Waals surface area (Å²) >= 11 is 0. The topological polar surface area (TPSA) is 79.3 Å². The van der Waals surface area contributed by atoms with E-state index in [1.807, 2.05) is 31.2 Å². The lowest BCUT2D eigenvalue weighted by Gasteiger charge is -2.13. The number of pyridine rings is 1. The lowest BCUT2D eigenvalue weighted by molar-refractivity contribution is -0.137. The van der Waals surface area contributed by atoms with E-state index in [0.29, 0.717) is 17.5 Å². The van der Waals surface area contributed by atoms with Crippen LogP contribution >= 0.6 is 0 Å². The van der Waals surface area contributed by atoms with Gasteiger partial charge >= 0.3 is 5.97 Å². The number of aliphatic carboxylic acids is 1. The van der Waals surface area contributed by atoms with Crippen LogP contribution in [-0.2, 0) is 4.79 Å². The highest BCUT2D eigenvalue weighted by atomic mass is 16.4. The first-order valence-electron chi connectivity index (χ1n) is 6.86. The Morgan fingerprint density at radius 3 is 2.76 bits per heavy atom. The molecule has 2 aromatic rings. The van der Waals surface area contributed by atoms with E-state index in [-0.39, 0.29) is 18.4 Å². The van der Waals surface area contributed by atoms with Crippen LogP contribution in [-0.4, -0.2) is 28.0 Å². The molecule has 0 saturated carbocycles. The highest BCUT2D eigenvalue weighted by molar-refractivity contribution is 6.05. The number of hydrogen-bond donors (Lipinski definition) is 2. The highest BCUT2D eigenvalue weighted by Gasteiger charge is 2.14. The minimum atomic E-state index is -0.862. The van der Waals surface area contributed by atoms with Gasteiger partial charge in [0.05, 0.1) is 11.1 Å². The van der Waals surface area contributed by atoms with Crippen molar-refractivity contribution in [2.75, 3.05) is 0 Å². The summed E-state index contributed by atoms with van der Waals surface area (Å²) < 4.78 is 0. The second-order valence-corrected chi connectivity index (χ2v) is 5.14. The van der Waals surface area contributed by atoms with Gasteiger partial charge in [0, 0.05) is 23.5 Å². The third-order valence-electron chi connectivity index (χ3n) is 3.27. The number of nitrogens with one attached hydrogen (secondary N) is 1. The van der Waals surface area contributed by atoms with E-state index in [1.54, 1.807) is 13.0 Å². The van der Waals surface area contributed by atoms with Crippen LogP contribution < -0.4 is 5.32 Å². The van der Waals surface area contributed by atoms with E-state index in [4.69, 9.17) is 5.11 Å². The number of carboxylic acid groups (broad SMARTS) is 1. The lowest BCUT2D eigenvalue weighted by Crippen LogP contribution is -2.33. The van der Waals surface area contributed by atoms with Crippen LogP contribution in [0, 0.1) is 6.92 Å². The maximum absolute atomic E-state index is 12.3. The van der Waals surface area contributed by atoms with E-state index in [9.17, 15) is 9.59 Å². The zero-order valence-electron chi connectivity index (χ0n) is 12.1. The zero-order chi connectivity index (χ0) is 15.4. The Hall–Kier alpha value is -2.43. The van der Waals surface area contributed by atoms with Gasteiger partial charge in [-0.2, -0.15) is 0 Å². The van der Waals surface area contributed by atoms with Crippen LogP contribution in [0.5, 0.6) is 0 Å². The summed E-state index contributed by atoms with van der Waals surface area (Å²) in [4.78, 5) is 27.3. The molecule has 0 spiro atoms. The molecule has 0 aliphatic carbocycles. The molecule has 21 heavy (non-hydrogen) atoms. The number of aryl methyl sites for hydroxylation is 1. The Bertz CT molecular complexity index is 682. The average Bonchev–Trinajstić information content (AvgIpc) is 2.44. The van der Waals surface area contributed by atoms with E-state index < -0.39 is 5.97 Å². The molecule has 2 rings (SSSR count). The van der Waals surface area contributed by atoms with Gasteiger partial charge in [0.25, 0.3) is 5.91 Å². The fourth-order valence-electron chi connectivity index (χ4n) is 2.14. The Morgan fingerprint density at radius 2 is 2.05 bits per heavy atom. The molecule has 0 radical (unpaired) electrons. The maximum Gasteiger partial charge on any atom is 0.303 e. The van der Waals surface area contributed by atoms with Crippen LogP contribution in [0.15, 0.2) is 30.3 Å². The summed E-state index contributed by atoms with van der Waals surface area (Å²) in [6.45, 7) is 3.67. The van der Waals surface area contributed by atoms with Gasteiger partial charge in [0.15, 0.2) is 0 Å². The third kappa shape index (κ3) is 3.78. The highest BCUT2D eigenvalue weighted by Crippen LogP contribution is 2.17. The molecule has 1 aromatic heterocycles. The molecule has 1 heterocycles. The predicted molar refractivity (Wildman–Crippen MR) is 80.3 cm³/mol. The Balaban J connectivity index is 2.19. The number of carboxylic acids is 1. The molecule has 0 aliphatic heterocycles. The molecule has 0 saturated heterocycles. The van der Waals surface area contributed by atoms with Crippen LogP contribution in [0.4, 0.5) is 0 Å². The van der Waals surface area contributed by atoms with Crippen molar-refractivity contribution in [2.45, 2.75) is 32.7 Å². The molecule has 1 atom stereocenters. The van der Waals surface area contributed by atoms with Gasteiger partial charge in [-0.15, -0.1) is 0 Å². The van der Waals surface area contributed by atoms with Crippen molar-refractivity contribution in [3.05, 3.63) is 41.6 Å². The number of carbonyl (C=O) groups is 2. The molecule has 1 aromatic carbocycles.